The topological polar surface area (TPSA) is 47.3 Å². The summed E-state index contributed by atoms with van der Waals surface area (Å²) in [6.07, 6.45) is 9.07. The van der Waals surface area contributed by atoms with Crippen LogP contribution in [-0.2, 0) is 0 Å². The summed E-state index contributed by atoms with van der Waals surface area (Å²) in [5, 5.41) is 0. The van der Waals surface area contributed by atoms with Crippen LogP contribution in [0.1, 0.15) is 56.4 Å². The molecule has 0 radical (unpaired) electrons. The number of para-hydroxylation sites is 1. The first-order valence-corrected chi connectivity index (χ1v) is 8.04. The van der Waals surface area contributed by atoms with E-state index in [0.29, 0.717) is 12.0 Å². The van der Waals surface area contributed by atoms with E-state index in [0.717, 1.165) is 31.1 Å². The number of ether oxygens (including phenoxy) is 1. The van der Waals surface area contributed by atoms with Gasteiger partial charge in [0.05, 0.1) is 6.61 Å². The summed E-state index contributed by atoms with van der Waals surface area (Å²) in [6.45, 7) is 0.836. The molecule has 0 spiro atoms. The molecule has 0 amide bonds. The Morgan fingerprint density at radius 1 is 1.15 bits per heavy atom. The SMILES string of the molecule is NNC(CC1CCCC1)CC1CCOc2ccccc21. The Morgan fingerprint density at radius 2 is 1.95 bits per heavy atom. The summed E-state index contributed by atoms with van der Waals surface area (Å²) in [5.41, 5.74) is 4.43. The first-order valence-electron chi connectivity index (χ1n) is 8.04. The molecule has 3 N–H and O–H groups in total. The van der Waals surface area contributed by atoms with Gasteiger partial charge in [-0.15, -0.1) is 0 Å². The molecule has 1 aliphatic heterocycles. The van der Waals surface area contributed by atoms with Gasteiger partial charge in [-0.2, -0.15) is 0 Å². The van der Waals surface area contributed by atoms with Crippen LogP contribution >= 0.6 is 0 Å². The van der Waals surface area contributed by atoms with Crippen LogP contribution in [0.3, 0.4) is 0 Å². The summed E-state index contributed by atoms with van der Waals surface area (Å²) in [4.78, 5) is 0. The molecule has 1 aromatic carbocycles. The number of nitrogens with two attached hydrogens (primary N) is 1. The first kappa shape index (κ1) is 13.9. The predicted octanol–water partition coefficient (Wildman–Crippen LogP) is 3.36. The van der Waals surface area contributed by atoms with Crippen molar-refractivity contribution in [1.82, 2.24) is 5.43 Å². The van der Waals surface area contributed by atoms with E-state index >= 15 is 0 Å². The normalized spacial score (nSPS) is 24.1. The van der Waals surface area contributed by atoms with Crippen LogP contribution in [0.2, 0.25) is 0 Å². The lowest BCUT2D eigenvalue weighted by atomic mass is 9.85. The predicted molar refractivity (Wildman–Crippen MR) is 81.6 cm³/mol. The maximum absolute atomic E-state index is 5.81. The third kappa shape index (κ3) is 3.15. The van der Waals surface area contributed by atoms with Crippen molar-refractivity contribution in [3.63, 3.8) is 0 Å². The van der Waals surface area contributed by atoms with Crippen LogP contribution in [0.4, 0.5) is 0 Å². The largest absolute Gasteiger partial charge is 0.493 e. The van der Waals surface area contributed by atoms with Crippen LogP contribution in [0, 0.1) is 5.92 Å². The van der Waals surface area contributed by atoms with Crippen LogP contribution in [0.15, 0.2) is 24.3 Å². The zero-order valence-electron chi connectivity index (χ0n) is 12.2. The van der Waals surface area contributed by atoms with Crippen molar-refractivity contribution in [1.29, 1.82) is 0 Å². The molecule has 0 aromatic heterocycles. The van der Waals surface area contributed by atoms with Gasteiger partial charge in [0.2, 0.25) is 0 Å². The minimum Gasteiger partial charge on any atom is -0.493 e. The van der Waals surface area contributed by atoms with E-state index in [4.69, 9.17) is 10.6 Å². The zero-order chi connectivity index (χ0) is 13.8. The molecule has 0 saturated heterocycles. The van der Waals surface area contributed by atoms with Crippen molar-refractivity contribution in [3.8, 4) is 5.75 Å². The molecule has 1 saturated carbocycles. The number of hydrogen-bond donors (Lipinski definition) is 2. The number of nitrogens with one attached hydrogen (secondary N) is 1. The van der Waals surface area contributed by atoms with Crippen LogP contribution in [0.25, 0.3) is 0 Å². The number of rotatable bonds is 5. The lowest BCUT2D eigenvalue weighted by molar-refractivity contribution is 0.248. The van der Waals surface area contributed by atoms with Gasteiger partial charge in [-0.05, 0) is 42.7 Å². The van der Waals surface area contributed by atoms with E-state index in [9.17, 15) is 0 Å². The molecule has 3 rings (SSSR count). The van der Waals surface area contributed by atoms with Gasteiger partial charge in [0.25, 0.3) is 0 Å². The van der Waals surface area contributed by atoms with Crippen molar-refractivity contribution < 1.29 is 4.74 Å². The fraction of sp³-hybridized carbons (Fsp3) is 0.647. The Hall–Kier alpha value is -1.06. The average molecular weight is 274 g/mol. The quantitative estimate of drug-likeness (QED) is 0.639. The Kier molecular flexibility index (Phi) is 4.58. The fourth-order valence-electron chi connectivity index (χ4n) is 3.88. The first-order chi connectivity index (χ1) is 9.86. The Balaban J connectivity index is 1.64. The standard InChI is InChI=1S/C17H26N2O/c18-19-15(11-13-5-1-2-6-13)12-14-9-10-20-17-8-4-3-7-16(14)17/h3-4,7-8,13-15,19H,1-2,5-6,9-12,18H2. The van der Waals surface area contributed by atoms with Crippen LogP contribution in [-0.4, -0.2) is 12.6 Å². The summed E-state index contributed by atoms with van der Waals surface area (Å²) < 4.78 is 5.75. The van der Waals surface area contributed by atoms with E-state index in [1.54, 1.807) is 0 Å². The van der Waals surface area contributed by atoms with Crippen molar-refractivity contribution >= 4 is 0 Å². The van der Waals surface area contributed by atoms with Gasteiger partial charge in [-0.1, -0.05) is 43.9 Å². The van der Waals surface area contributed by atoms with Gasteiger partial charge >= 0.3 is 0 Å². The van der Waals surface area contributed by atoms with Crippen molar-refractivity contribution in [2.75, 3.05) is 6.61 Å². The van der Waals surface area contributed by atoms with Gasteiger partial charge in [0.1, 0.15) is 5.75 Å². The van der Waals surface area contributed by atoms with Crippen molar-refractivity contribution in [2.45, 2.75) is 56.9 Å². The van der Waals surface area contributed by atoms with Crippen molar-refractivity contribution in [2.24, 2.45) is 11.8 Å². The summed E-state index contributed by atoms with van der Waals surface area (Å²) in [7, 11) is 0. The molecular weight excluding hydrogens is 248 g/mol. The molecular formula is C17H26N2O. The molecule has 2 aliphatic rings. The number of hydrogen-bond acceptors (Lipinski definition) is 3. The van der Waals surface area contributed by atoms with E-state index in [1.807, 2.05) is 0 Å². The molecule has 20 heavy (non-hydrogen) atoms. The highest BCUT2D eigenvalue weighted by Crippen LogP contribution is 2.37. The van der Waals surface area contributed by atoms with E-state index in [-0.39, 0.29) is 0 Å². The fourth-order valence-corrected chi connectivity index (χ4v) is 3.88. The molecule has 1 fully saturated rings. The third-order valence-corrected chi connectivity index (χ3v) is 4.98. The number of fused-ring (bicyclic) bond motifs is 1. The molecule has 0 bridgehead atoms. The zero-order valence-corrected chi connectivity index (χ0v) is 12.2. The third-order valence-electron chi connectivity index (χ3n) is 4.98. The molecule has 3 heteroatoms. The Morgan fingerprint density at radius 3 is 2.75 bits per heavy atom. The molecule has 2 unspecified atom stereocenters. The molecule has 1 heterocycles. The summed E-state index contributed by atoms with van der Waals surface area (Å²) in [6, 6.07) is 8.90. The maximum Gasteiger partial charge on any atom is 0.122 e. The molecule has 110 valence electrons. The maximum atomic E-state index is 5.81. The van der Waals surface area contributed by atoms with Gasteiger partial charge in [-0.25, -0.2) is 0 Å². The Labute approximate surface area is 121 Å². The molecule has 3 nitrogen and oxygen atoms in total. The minimum absolute atomic E-state index is 0.439. The average Bonchev–Trinajstić information content (AvgIpc) is 3.00. The van der Waals surface area contributed by atoms with Gasteiger partial charge in [-0.3, -0.25) is 11.3 Å². The van der Waals surface area contributed by atoms with Crippen LogP contribution in [0.5, 0.6) is 5.75 Å². The highest BCUT2D eigenvalue weighted by atomic mass is 16.5. The summed E-state index contributed by atoms with van der Waals surface area (Å²) in [5.74, 6) is 8.34. The van der Waals surface area contributed by atoms with Crippen molar-refractivity contribution in [3.05, 3.63) is 29.8 Å². The van der Waals surface area contributed by atoms with E-state index in [1.165, 1.54) is 37.7 Å². The molecule has 1 aromatic rings. The monoisotopic (exact) mass is 274 g/mol. The minimum atomic E-state index is 0.439. The number of hydrazine groups is 1. The van der Waals surface area contributed by atoms with Gasteiger partial charge in [0.15, 0.2) is 0 Å². The lowest BCUT2D eigenvalue weighted by Crippen LogP contribution is -2.38. The van der Waals surface area contributed by atoms with E-state index < -0.39 is 0 Å². The second-order valence-electron chi connectivity index (χ2n) is 6.36. The lowest BCUT2D eigenvalue weighted by Gasteiger charge is -2.29. The number of benzene rings is 1. The Bertz CT molecular complexity index is 429. The highest BCUT2D eigenvalue weighted by Gasteiger charge is 2.26. The van der Waals surface area contributed by atoms with Gasteiger partial charge < -0.3 is 4.74 Å². The second kappa shape index (κ2) is 6.59. The second-order valence-corrected chi connectivity index (χ2v) is 6.36. The molecule has 1 aliphatic carbocycles. The molecule has 2 atom stereocenters. The highest BCUT2D eigenvalue weighted by molar-refractivity contribution is 5.37. The van der Waals surface area contributed by atoms with Crippen LogP contribution < -0.4 is 16.0 Å². The van der Waals surface area contributed by atoms with E-state index in [2.05, 4.69) is 29.7 Å². The smallest absolute Gasteiger partial charge is 0.122 e. The van der Waals surface area contributed by atoms with Gasteiger partial charge in [0, 0.05) is 6.04 Å². The summed E-state index contributed by atoms with van der Waals surface area (Å²) >= 11 is 0.